The molecule has 1 amide bonds. The van der Waals surface area contributed by atoms with Gasteiger partial charge in [0.05, 0.1) is 6.42 Å². The third-order valence-electron chi connectivity index (χ3n) is 3.03. The van der Waals surface area contributed by atoms with E-state index >= 15 is 0 Å². The molecule has 0 aromatic heterocycles. The predicted octanol–water partition coefficient (Wildman–Crippen LogP) is 1.71. The summed E-state index contributed by atoms with van der Waals surface area (Å²) in [6.07, 6.45) is 1.46. The van der Waals surface area contributed by atoms with E-state index in [1.807, 2.05) is 6.07 Å². The normalized spacial score (nSPS) is 14.8. The Morgan fingerprint density at radius 3 is 2.88 bits per heavy atom. The zero-order chi connectivity index (χ0) is 11.8. The van der Waals surface area contributed by atoms with E-state index in [9.17, 15) is 4.79 Å². The van der Waals surface area contributed by atoms with Crippen LogP contribution in [0.25, 0.3) is 0 Å². The number of benzene rings is 1. The Kier molecular flexibility index (Phi) is 2.72. The molecule has 3 N–H and O–H groups in total. The van der Waals surface area contributed by atoms with Crippen molar-refractivity contribution in [2.45, 2.75) is 26.7 Å². The molecular formula is C13H18N2O. The van der Waals surface area contributed by atoms with Crippen molar-refractivity contribution in [2.24, 2.45) is 11.1 Å². The van der Waals surface area contributed by atoms with Crippen LogP contribution in [0.5, 0.6) is 0 Å². The number of carbonyl (C=O) groups excluding carboxylic acids is 1. The van der Waals surface area contributed by atoms with Crippen LogP contribution in [0, 0.1) is 5.41 Å². The Morgan fingerprint density at radius 1 is 1.44 bits per heavy atom. The molecule has 1 aliphatic rings. The SMILES string of the molecule is CC(C)(CN)Cc1ccc2c(c1)CC(=O)N2. The third kappa shape index (κ3) is 2.25. The first-order valence-corrected chi connectivity index (χ1v) is 5.62. The number of amides is 1. The van der Waals surface area contributed by atoms with Gasteiger partial charge in [0.25, 0.3) is 0 Å². The lowest BCUT2D eigenvalue weighted by atomic mass is 9.85. The van der Waals surface area contributed by atoms with E-state index in [2.05, 4.69) is 31.3 Å². The number of nitrogens with one attached hydrogen (secondary N) is 1. The molecule has 3 nitrogen and oxygen atoms in total. The van der Waals surface area contributed by atoms with E-state index in [1.165, 1.54) is 5.56 Å². The predicted molar refractivity (Wildman–Crippen MR) is 65.3 cm³/mol. The van der Waals surface area contributed by atoms with Gasteiger partial charge in [-0.25, -0.2) is 0 Å². The van der Waals surface area contributed by atoms with Crippen molar-refractivity contribution in [1.29, 1.82) is 0 Å². The number of fused-ring (bicyclic) bond motifs is 1. The lowest BCUT2D eigenvalue weighted by molar-refractivity contribution is -0.115. The molecular weight excluding hydrogens is 200 g/mol. The maximum Gasteiger partial charge on any atom is 0.228 e. The van der Waals surface area contributed by atoms with Crippen LogP contribution in [0.2, 0.25) is 0 Å². The molecule has 86 valence electrons. The zero-order valence-corrected chi connectivity index (χ0v) is 9.84. The second-order valence-electron chi connectivity index (χ2n) is 5.26. The van der Waals surface area contributed by atoms with Gasteiger partial charge in [-0.15, -0.1) is 0 Å². The fraction of sp³-hybridized carbons (Fsp3) is 0.462. The highest BCUT2D eigenvalue weighted by Gasteiger charge is 2.20. The van der Waals surface area contributed by atoms with Crippen LogP contribution in [0.15, 0.2) is 18.2 Å². The summed E-state index contributed by atoms with van der Waals surface area (Å²) in [6.45, 7) is 4.98. The highest BCUT2D eigenvalue weighted by Crippen LogP contribution is 2.27. The first-order valence-electron chi connectivity index (χ1n) is 5.62. The summed E-state index contributed by atoms with van der Waals surface area (Å²) < 4.78 is 0. The van der Waals surface area contributed by atoms with E-state index in [4.69, 9.17) is 5.73 Å². The average Bonchev–Trinajstić information content (AvgIpc) is 2.57. The summed E-state index contributed by atoms with van der Waals surface area (Å²) in [7, 11) is 0. The molecule has 1 aliphatic heterocycles. The molecule has 0 bridgehead atoms. The monoisotopic (exact) mass is 218 g/mol. The molecule has 3 heteroatoms. The summed E-state index contributed by atoms with van der Waals surface area (Å²) in [5, 5.41) is 2.84. The Morgan fingerprint density at radius 2 is 2.19 bits per heavy atom. The van der Waals surface area contributed by atoms with Crippen molar-refractivity contribution in [1.82, 2.24) is 0 Å². The Balaban J connectivity index is 2.20. The van der Waals surface area contributed by atoms with Gasteiger partial charge in [-0.05, 0) is 35.6 Å². The van der Waals surface area contributed by atoms with E-state index in [1.54, 1.807) is 0 Å². The lowest BCUT2D eigenvalue weighted by Crippen LogP contribution is -2.25. The van der Waals surface area contributed by atoms with Gasteiger partial charge in [-0.2, -0.15) is 0 Å². The molecule has 0 unspecified atom stereocenters. The number of carbonyl (C=O) groups is 1. The smallest absolute Gasteiger partial charge is 0.228 e. The first-order chi connectivity index (χ1) is 7.50. The molecule has 0 saturated carbocycles. The van der Waals surface area contributed by atoms with Gasteiger partial charge >= 0.3 is 0 Å². The van der Waals surface area contributed by atoms with Crippen molar-refractivity contribution in [3.63, 3.8) is 0 Å². The van der Waals surface area contributed by atoms with E-state index in [0.29, 0.717) is 13.0 Å². The summed E-state index contributed by atoms with van der Waals surface area (Å²) in [6, 6.07) is 6.18. The van der Waals surface area contributed by atoms with Gasteiger partial charge in [-0.3, -0.25) is 4.79 Å². The van der Waals surface area contributed by atoms with Crippen LogP contribution >= 0.6 is 0 Å². The minimum Gasteiger partial charge on any atom is -0.330 e. The minimum atomic E-state index is 0.0882. The van der Waals surface area contributed by atoms with Crippen molar-refractivity contribution in [3.05, 3.63) is 29.3 Å². The van der Waals surface area contributed by atoms with Gasteiger partial charge in [-0.1, -0.05) is 26.0 Å². The number of anilines is 1. The number of hydrogen-bond donors (Lipinski definition) is 2. The molecule has 0 radical (unpaired) electrons. The van der Waals surface area contributed by atoms with Crippen molar-refractivity contribution in [3.8, 4) is 0 Å². The van der Waals surface area contributed by atoms with Gasteiger partial charge in [0.1, 0.15) is 0 Å². The molecule has 1 aromatic carbocycles. The maximum absolute atomic E-state index is 11.2. The molecule has 0 spiro atoms. The highest BCUT2D eigenvalue weighted by atomic mass is 16.1. The largest absolute Gasteiger partial charge is 0.330 e. The van der Waals surface area contributed by atoms with Crippen LogP contribution in [-0.2, 0) is 17.6 Å². The topological polar surface area (TPSA) is 55.1 Å². The third-order valence-corrected chi connectivity index (χ3v) is 3.03. The van der Waals surface area contributed by atoms with Gasteiger partial charge in [0.15, 0.2) is 0 Å². The van der Waals surface area contributed by atoms with Crippen molar-refractivity contribution < 1.29 is 4.79 Å². The molecule has 2 rings (SSSR count). The van der Waals surface area contributed by atoms with Crippen LogP contribution in [0.1, 0.15) is 25.0 Å². The summed E-state index contributed by atoms with van der Waals surface area (Å²) in [4.78, 5) is 11.2. The lowest BCUT2D eigenvalue weighted by Gasteiger charge is -2.22. The standard InChI is InChI=1S/C13H18N2O/c1-13(2,8-14)7-9-3-4-11-10(5-9)6-12(16)15-11/h3-5H,6-8,14H2,1-2H3,(H,15,16). The van der Waals surface area contributed by atoms with E-state index < -0.39 is 0 Å². The van der Waals surface area contributed by atoms with Gasteiger partial charge in [0, 0.05) is 5.69 Å². The first kappa shape index (κ1) is 11.1. The van der Waals surface area contributed by atoms with E-state index in [-0.39, 0.29) is 11.3 Å². The number of nitrogens with two attached hydrogens (primary N) is 1. The van der Waals surface area contributed by atoms with Gasteiger partial charge < -0.3 is 11.1 Å². The molecule has 0 atom stereocenters. The van der Waals surface area contributed by atoms with Crippen LogP contribution in [-0.4, -0.2) is 12.5 Å². The fourth-order valence-electron chi connectivity index (χ4n) is 2.02. The summed E-state index contributed by atoms with van der Waals surface area (Å²) >= 11 is 0. The number of hydrogen-bond acceptors (Lipinski definition) is 2. The Labute approximate surface area is 96.0 Å². The van der Waals surface area contributed by atoms with Crippen LogP contribution in [0.3, 0.4) is 0 Å². The summed E-state index contributed by atoms with van der Waals surface area (Å²) in [5.41, 5.74) is 9.16. The Bertz CT molecular complexity index is 424. The van der Waals surface area contributed by atoms with E-state index in [0.717, 1.165) is 17.7 Å². The maximum atomic E-state index is 11.2. The quantitative estimate of drug-likeness (QED) is 0.811. The van der Waals surface area contributed by atoms with Gasteiger partial charge in [0.2, 0.25) is 5.91 Å². The van der Waals surface area contributed by atoms with Crippen LogP contribution in [0.4, 0.5) is 5.69 Å². The van der Waals surface area contributed by atoms with Crippen LogP contribution < -0.4 is 11.1 Å². The fourth-order valence-corrected chi connectivity index (χ4v) is 2.02. The number of rotatable bonds is 3. The second kappa shape index (κ2) is 3.91. The molecule has 0 aliphatic carbocycles. The van der Waals surface area contributed by atoms with Crippen molar-refractivity contribution in [2.75, 3.05) is 11.9 Å². The molecule has 0 saturated heterocycles. The minimum absolute atomic E-state index is 0.0882. The molecule has 16 heavy (non-hydrogen) atoms. The molecule has 1 aromatic rings. The molecule has 0 fully saturated rings. The Hall–Kier alpha value is -1.35. The second-order valence-corrected chi connectivity index (χ2v) is 5.26. The zero-order valence-electron chi connectivity index (χ0n) is 9.84. The van der Waals surface area contributed by atoms with Crippen molar-refractivity contribution >= 4 is 11.6 Å². The highest BCUT2D eigenvalue weighted by molar-refractivity contribution is 5.99. The molecule has 1 heterocycles. The summed E-state index contributed by atoms with van der Waals surface area (Å²) in [5.74, 6) is 0.0882. The average molecular weight is 218 g/mol.